The lowest BCUT2D eigenvalue weighted by atomic mass is 10.3. The summed E-state index contributed by atoms with van der Waals surface area (Å²) in [6.07, 6.45) is -8.91. The van der Waals surface area contributed by atoms with Crippen LogP contribution in [0, 0.1) is 0 Å². The van der Waals surface area contributed by atoms with E-state index in [9.17, 15) is 31.1 Å². The van der Waals surface area contributed by atoms with Crippen molar-refractivity contribution in [3.63, 3.8) is 0 Å². The minimum absolute atomic E-state index is 0.0379. The van der Waals surface area contributed by atoms with Crippen LogP contribution in [0.15, 0.2) is 0 Å². The van der Waals surface area contributed by atoms with Crippen LogP contribution in [0.5, 0.6) is 0 Å². The van der Waals surface area contributed by atoms with Gasteiger partial charge >= 0.3 is 24.3 Å². The van der Waals surface area contributed by atoms with Gasteiger partial charge < -0.3 is 27.0 Å². The fraction of sp³-hybridized carbons (Fsp3) is 0.700. The van der Waals surface area contributed by atoms with Crippen molar-refractivity contribution in [2.24, 2.45) is 11.5 Å². The maximum absolute atomic E-state index is 10.7. The van der Waals surface area contributed by atoms with E-state index in [-0.39, 0.29) is 5.91 Å². The molecule has 0 saturated heterocycles. The van der Waals surface area contributed by atoms with E-state index in [2.05, 4.69) is 5.32 Å². The van der Waals surface area contributed by atoms with Crippen molar-refractivity contribution in [1.29, 1.82) is 0 Å². The highest BCUT2D eigenvalue weighted by molar-refractivity contribution is 5.75. The Morgan fingerprint density at radius 1 is 0.833 bits per heavy atom. The Labute approximate surface area is 131 Å². The minimum Gasteiger partial charge on any atom is -0.475 e. The summed E-state index contributed by atoms with van der Waals surface area (Å²) in [5.41, 5.74) is 10.4. The molecule has 0 rings (SSSR count). The fourth-order valence-electron chi connectivity index (χ4n) is 0.563. The summed E-state index contributed by atoms with van der Waals surface area (Å²) in [7, 11) is 0. The van der Waals surface area contributed by atoms with Gasteiger partial charge in [-0.15, -0.1) is 0 Å². The quantitative estimate of drug-likeness (QED) is 0.427. The highest BCUT2D eigenvalue weighted by Crippen LogP contribution is 2.13. The van der Waals surface area contributed by atoms with E-state index in [1.54, 1.807) is 0 Å². The third kappa shape index (κ3) is 22.2. The van der Waals surface area contributed by atoms with E-state index in [4.69, 9.17) is 31.3 Å². The van der Waals surface area contributed by atoms with Crippen LogP contribution in [0.2, 0.25) is 0 Å². The molecule has 0 radical (unpaired) electrons. The number of carboxylic acid groups (broad SMARTS) is 2. The smallest absolute Gasteiger partial charge is 0.475 e. The van der Waals surface area contributed by atoms with E-state index in [0.29, 0.717) is 26.1 Å². The molecule has 0 aromatic carbocycles. The second-order valence-corrected chi connectivity index (χ2v) is 3.64. The molecule has 0 fully saturated rings. The number of nitrogens with one attached hydrogen (secondary N) is 1. The lowest BCUT2D eigenvalue weighted by Crippen LogP contribution is -2.29. The van der Waals surface area contributed by atoms with Crippen LogP contribution in [0.3, 0.4) is 0 Å². The van der Waals surface area contributed by atoms with Gasteiger partial charge in [0.25, 0.3) is 0 Å². The molecule has 0 spiro atoms. The summed E-state index contributed by atoms with van der Waals surface area (Å²) in [6.45, 7) is 1.62. The van der Waals surface area contributed by atoms with Gasteiger partial charge in [0.05, 0.1) is 0 Å². The average Bonchev–Trinajstić information content (AvgIpc) is 2.42. The van der Waals surface area contributed by atoms with E-state index >= 15 is 0 Å². The molecule has 24 heavy (non-hydrogen) atoms. The fourth-order valence-corrected chi connectivity index (χ4v) is 0.563. The van der Waals surface area contributed by atoms with Crippen molar-refractivity contribution in [2.75, 3.05) is 19.6 Å². The van der Waals surface area contributed by atoms with Crippen molar-refractivity contribution in [2.45, 2.75) is 25.2 Å². The molecule has 144 valence electrons. The number of amides is 1. The van der Waals surface area contributed by atoms with Crippen molar-refractivity contribution >= 4 is 17.8 Å². The largest absolute Gasteiger partial charge is 0.490 e. The maximum Gasteiger partial charge on any atom is 0.490 e. The third-order valence-electron chi connectivity index (χ3n) is 1.56. The summed E-state index contributed by atoms with van der Waals surface area (Å²) >= 11 is 0. The van der Waals surface area contributed by atoms with Gasteiger partial charge in [0.1, 0.15) is 0 Å². The third-order valence-corrected chi connectivity index (χ3v) is 1.56. The number of alkyl halides is 6. The summed E-state index contributed by atoms with van der Waals surface area (Å²) in [4.78, 5) is 28.5. The van der Waals surface area contributed by atoms with Gasteiger partial charge in [-0.1, -0.05) is 0 Å². The average molecular weight is 373 g/mol. The van der Waals surface area contributed by atoms with Crippen LogP contribution in [0.4, 0.5) is 26.3 Å². The van der Waals surface area contributed by atoms with Gasteiger partial charge in [-0.25, -0.2) is 9.59 Å². The number of nitrogens with two attached hydrogens (primary N) is 2. The zero-order valence-electron chi connectivity index (χ0n) is 12.1. The lowest BCUT2D eigenvalue weighted by Gasteiger charge is -2.00. The van der Waals surface area contributed by atoms with Crippen molar-refractivity contribution in [1.82, 2.24) is 5.32 Å². The Morgan fingerprint density at radius 2 is 1.17 bits per heavy atom. The normalized spacial score (nSPS) is 10.5. The Bertz CT molecular complexity index is 352. The number of rotatable bonds is 5. The van der Waals surface area contributed by atoms with Crippen molar-refractivity contribution in [3.05, 3.63) is 0 Å². The number of hydrogen-bond acceptors (Lipinski definition) is 5. The van der Waals surface area contributed by atoms with E-state index in [1.807, 2.05) is 0 Å². The van der Waals surface area contributed by atoms with Gasteiger partial charge in [-0.05, 0) is 13.0 Å². The van der Waals surface area contributed by atoms with Crippen LogP contribution in [0.1, 0.15) is 12.8 Å². The first-order valence-electron chi connectivity index (χ1n) is 5.97. The molecule has 0 aliphatic rings. The molecule has 0 aromatic heterocycles. The van der Waals surface area contributed by atoms with Gasteiger partial charge in [0.15, 0.2) is 0 Å². The second-order valence-electron chi connectivity index (χ2n) is 3.64. The summed E-state index contributed by atoms with van der Waals surface area (Å²) in [5.74, 6) is -5.48. The molecule has 0 unspecified atom stereocenters. The molecule has 0 aliphatic heterocycles. The molecule has 1 amide bonds. The zero-order chi connectivity index (χ0) is 20.0. The van der Waals surface area contributed by atoms with Gasteiger partial charge in [-0.2, -0.15) is 26.3 Å². The van der Waals surface area contributed by atoms with Gasteiger partial charge in [-0.3, -0.25) is 4.79 Å². The minimum atomic E-state index is -5.08. The standard InChI is InChI=1S/C6H15N3O.2C2HF3O2/c7-3-1-2-6(10)9-5-4-8;2*3-2(4,5)1(6)7/h1-5,7-8H2,(H,9,10);2*(H,6,7). The maximum atomic E-state index is 10.7. The molecule has 0 aliphatic carbocycles. The van der Waals surface area contributed by atoms with E-state index < -0.39 is 24.3 Å². The van der Waals surface area contributed by atoms with Crippen LogP contribution in [-0.4, -0.2) is 60.0 Å². The van der Waals surface area contributed by atoms with Crippen molar-refractivity contribution in [3.8, 4) is 0 Å². The first-order valence-corrected chi connectivity index (χ1v) is 5.97. The number of aliphatic carboxylic acids is 2. The van der Waals surface area contributed by atoms with E-state index in [1.165, 1.54) is 0 Å². The Morgan fingerprint density at radius 3 is 1.38 bits per heavy atom. The second kappa shape index (κ2) is 13.4. The molecule has 0 saturated carbocycles. The molecular formula is C10H17F6N3O5. The predicted octanol–water partition coefficient (Wildman–Crippen LogP) is 0.0668. The summed E-state index contributed by atoms with van der Waals surface area (Å²) in [5, 5.41) is 16.9. The topological polar surface area (TPSA) is 156 Å². The number of halogens is 6. The predicted molar refractivity (Wildman–Crippen MR) is 67.7 cm³/mol. The first kappa shape index (κ1) is 26.8. The van der Waals surface area contributed by atoms with Gasteiger partial charge in [0, 0.05) is 19.5 Å². The zero-order valence-corrected chi connectivity index (χ0v) is 12.1. The molecule has 14 heteroatoms. The summed E-state index contributed by atoms with van der Waals surface area (Å²) in [6, 6.07) is 0. The Kier molecular flexibility index (Phi) is 14.9. The van der Waals surface area contributed by atoms with Crippen LogP contribution < -0.4 is 16.8 Å². The molecule has 0 heterocycles. The Hall–Kier alpha value is -2.09. The number of carboxylic acids is 2. The van der Waals surface area contributed by atoms with Gasteiger partial charge in [0.2, 0.25) is 5.91 Å². The number of carbonyl (C=O) groups is 3. The monoisotopic (exact) mass is 373 g/mol. The molecular weight excluding hydrogens is 356 g/mol. The lowest BCUT2D eigenvalue weighted by molar-refractivity contribution is -0.193. The van der Waals surface area contributed by atoms with Crippen LogP contribution in [0.25, 0.3) is 0 Å². The van der Waals surface area contributed by atoms with E-state index in [0.717, 1.165) is 6.42 Å². The van der Waals surface area contributed by atoms with Crippen LogP contribution in [-0.2, 0) is 14.4 Å². The molecule has 7 N–H and O–H groups in total. The first-order chi connectivity index (χ1) is 10.7. The molecule has 0 bridgehead atoms. The molecule has 0 atom stereocenters. The summed E-state index contributed by atoms with van der Waals surface area (Å²) < 4.78 is 63.5. The van der Waals surface area contributed by atoms with Crippen molar-refractivity contribution < 1.29 is 50.9 Å². The van der Waals surface area contributed by atoms with Crippen LogP contribution >= 0.6 is 0 Å². The number of carbonyl (C=O) groups excluding carboxylic acids is 1. The number of hydrogen-bond donors (Lipinski definition) is 5. The molecule has 8 nitrogen and oxygen atoms in total. The Balaban J connectivity index is -0.000000283. The molecule has 0 aromatic rings. The highest BCUT2D eigenvalue weighted by atomic mass is 19.4. The SMILES string of the molecule is NCCCC(=O)NCCN.O=C(O)C(F)(F)F.O=C(O)C(F)(F)F. The highest BCUT2D eigenvalue weighted by Gasteiger charge is 2.38.